The summed E-state index contributed by atoms with van der Waals surface area (Å²) in [5.41, 5.74) is 1.10. The molecule has 1 aromatic heterocycles. The molecule has 1 amide bonds. The average Bonchev–Trinajstić information content (AvgIpc) is 2.79. The van der Waals surface area contributed by atoms with Crippen molar-refractivity contribution in [3.63, 3.8) is 0 Å². The van der Waals surface area contributed by atoms with Crippen LogP contribution in [0.25, 0.3) is 22.1 Å². The fraction of sp³-hybridized carbons (Fsp3) is 0. The van der Waals surface area contributed by atoms with E-state index in [9.17, 15) is 19.7 Å². The van der Waals surface area contributed by atoms with Crippen LogP contribution in [0.1, 0.15) is 10.4 Å². The minimum absolute atomic E-state index is 0.0273. The molecule has 0 aliphatic carbocycles. The molecule has 0 fully saturated rings. The van der Waals surface area contributed by atoms with Gasteiger partial charge in [-0.2, -0.15) is 0 Å². The topological polar surface area (TPSA) is 114 Å². The largest absolute Gasteiger partial charge is 0.422 e. The summed E-state index contributed by atoms with van der Waals surface area (Å²) in [6, 6.07) is 19.0. The molecule has 0 unspecified atom stereocenters. The fourth-order valence-electron chi connectivity index (χ4n) is 3.16. The Balaban J connectivity index is 1.51. The Labute approximate surface area is 196 Å². The van der Waals surface area contributed by atoms with Crippen LogP contribution in [-0.2, 0) is 0 Å². The molecule has 0 aliphatic rings. The third-order valence-corrected chi connectivity index (χ3v) is 5.22. The summed E-state index contributed by atoms with van der Waals surface area (Å²) >= 11 is 11.6. The van der Waals surface area contributed by atoms with Gasteiger partial charge in [0.2, 0.25) is 0 Å². The van der Waals surface area contributed by atoms with Gasteiger partial charge in [-0.3, -0.25) is 20.2 Å². The highest BCUT2D eigenvalue weighted by atomic mass is 35.5. The van der Waals surface area contributed by atoms with Crippen molar-refractivity contribution in [2.75, 3.05) is 5.32 Å². The summed E-state index contributed by atoms with van der Waals surface area (Å²) < 4.78 is 5.37. The van der Waals surface area contributed by atoms with E-state index in [1.807, 2.05) is 12.1 Å². The van der Waals surface area contributed by atoms with Crippen molar-refractivity contribution in [1.29, 1.82) is 0 Å². The van der Waals surface area contributed by atoms with Gasteiger partial charge in [-0.1, -0.05) is 41.9 Å². The summed E-state index contributed by atoms with van der Waals surface area (Å²) in [4.78, 5) is 35.1. The monoisotopic (exact) mass is 479 g/mol. The zero-order valence-corrected chi connectivity index (χ0v) is 18.3. The Morgan fingerprint density at radius 1 is 1.00 bits per heavy atom. The average molecular weight is 480 g/mol. The van der Waals surface area contributed by atoms with E-state index in [1.165, 1.54) is 18.2 Å². The molecule has 0 radical (unpaired) electrons. The SMILES string of the molecule is O=C(NC(=S)Nc1ccc(-c2cc3ccccc3oc2=O)c(Cl)c1)c1cccc([N+](=O)[O-])c1. The van der Waals surface area contributed by atoms with Crippen LogP contribution in [0.5, 0.6) is 0 Å². The molecular weight excluding hydrogens is 466 g/mol. The number of carbonyl (C=O) groups excluding carboxylic acids is 1. The second-order valence-corrected chi connectivity index (χ2v) is 7.71. The summed E-state index contributed by atoms with van der Waals surface area (Å²) in [6.45, 7) is 0. The molecule has 2 N–H and O–H groups in total. The molecule has 0 saturated heterocycles. The number of nitrogens with one attached hydrogen (secondary N) is 2. The molecule has 164 valence electrons. The lowest BCUT2D eigenvalue weighted by Crippen LogP contribution is -2.34. The van der Waals surface area contributed by atoms with E-state index in [4.69, 9.17) is 28.2 Å². The fourth-order valence-corrected chi connectivity index (χ4v) is 3.65. The summed E-state index contributed by atoms with van der Waals surface area (Å²) in [5, 5.41) is 17.2. The summed E-state index contributed by atoms with van der Waals surface area (Å²) in [6.07, 6.45) is 0. The summed E-state index contributed by atoms with van der Waals surface area (Å²) in [7, 11) is 0. The predicted molar refractivity (Wildman–Crippen MR) is 130 cm³/mol. The molecular formula is C23H14ClN3O5S. The van der Waals surface area contributed by atoms with Gasteiger partial charge in [0.15, 0.2) is 5.11 Å². The molecule has 3 aromatic carbocycles. The smallest absolute Gasteiger partial charge is 0.344 e. The molecule has 33 heavy (non-hydrogen) atoms. The number of hydrogen-bond acceptors (Lipinski definition) is 6. The lowest BCUT2D eigenvalue weighted by atomic mass is 10.1. The maximum Gasteiger partial charge on any atom is 0.344 e. The number of amides is 1. The van der Waals surface area contributed by atoms with Crippen molar-refractivity contribution in [2.45, 2.75) is 0 Å². The van der Waals surface area contributed by atoms with Crippen LogP contribution >= 0.6 is 23.8 Å². The minimum atomic E-state index is -0.604. The second-order valence-electron chi connectivity index (χ2n) is 6.90. The number of fused-ring (bicyclic) bond motifs is 1. The van der Waals surface area contributed by atoms with Crippen molar-refractivity contribution < 1.29 is 14.1 Å². The number of carbonyl (C=O) groups is 1. The number of nitro benzene ring substituents is 1. The zero-order valence-electron chi connectivity index (χ0n) is 16.7. The van der Waals surface area contributed by atoms with Crippen LogP contribution in [0.3, 0.4) is 0 Å². The molecule has 0 aliphatic heterocycles. The number of rotatable bonds is 4. The van der Waals surface area contributed by atoms with Gasteiger partial charge < -0.3 is 9.73 Å². The maximum atomic E-state index is 12.4. The van der Waals surface area contributed by atoms with Crippen LogP contribution in [0.2, 0.25) is 5.02 Å². The first kappa shape index (κ1) is 22.1. The highest BCUT2D eigenvalue weighted by molar-refractivity contribution is 7.80. The molecule has 0 spiro atoms. The van der Waals surface area contributed by atoms with Gasteiger partial charge in [0.1, 0.15) is 5.58 Å². The number of anilines is 1. The van der Waals surface area contributed by atoms with Gasteiger partial charge in [-0.15, -0.1) is 0 Å². The third-order valence-electron chi connectivity index (χ3n) is 4.70. The third kappa shape index (κ3) is 4.89. The lowest BCUT2D eigenvalue weighted by molar-refractivity contribution is -0.384. The Kier molecular flexibility index (Phi) is 6.16. The Hall–Kier alpha value is -4.08. The second kappa shape index (κ2) is 9.19. The van der Waals surface area contributed by atoms with Crippen LogP contribution in [-0.4, -0.2) is 15.9 Å². The molecule has 0 bridgehead atoms. The lowest BCUT2D eigenvalue weighted by Gasteiger charge is -2.11. The van der Waals surface area contributed by atoms with Crippen molar-refractivity contribution in [2.24, 2.45) is 0 Å². The van der Waals surface area contributed by atoms with E-state index in [2.05, 4.69) is 10.6 Å². The van der Waals surface area contributed by atoms with E-state index in [1.54, 1.807) is 36.4 Å². The van der Waals surface area contributed by atoms with Crippen LogP contribution < -0.4 is 16.3 Å². The van der Waals surface area contributed by atoms with Crippen molar-refractivity contribution in [3.8, 4) is 11.1 Å². The standard InChI is InChI=1S/C23H14ClN3O5S/c24-19-12-15(25-23(33)26-21(28)14-5-3-6-16(10-14)27(30)31)8-9-17(19)18-11-13-4-1-2-7-20(13)32-22(18)29/h1-12H,(H2,25,26,28,33). The highest BCUT2D eigenvalue weighted by Gasteiger charge is 2.14. The van der Waals surface area contributed by atoms with E-state index in [-0.39, 0.29) is 21.4 Å². The van der Waals surface area contributed by atoms with Crippen LogP contribution in [0.4, 0.5) is 11.4 Å². The molecule has 10 heteroatoms. The molecule has 0 saturated carbocycles. The van der Waals surface area contributed by atoms with E-state index < -0.39 is 16.5 Å². The molecule has 8 nitrogen and oxygen atoms in total. The van der Waals surface area contributed by atoms with Gasteiger partial charge in [0, 0.05) is 34.3 Å². The van der Waals surface area contributed by atoms with Gasteiger partial charge >= 0.3 is 5.63 Å². The number of nitro groups is 1. The van der Waals surface area contributed by atoms with E-state index >= 15 is 0 Å². The highest BCUT2D eigenvalue weighted by Crippen LogP contribution is 2.30. The number of halogens is 1. The van der Waals surface area contributed by atoms with Crippen molar-refractivity contribution >= 4 is 57.2 Å². The summed E-state index contributed by atoms with van der Waals surface area (Å²) in [5.74, 6) is -0.604. The Bertz CT molecular complexity index is 1480. The number of thiocarbonyl (C=S) groups is 1. The zero-order chi connectivity index (χ0) is 23.5. The maximum absolute atomic E-state index is 12.4. The quantitative estimate of drug-likeness (QED) is 0.180. The van der Waals surface area contributed by atoms with E-state index in [0.29, 0.717) is 22.4 Å². The normalized spacial score (nSPS) is 10.6. The van der Waals surface area contributed by atoms with Gasteiger partial charge in [0.05, 0.1) is 15.5 Å². The number of para-hydroxylation sites is 1. The van der Waals surface area contributed by atoms with Crippen LogP contribution in [0.15, 0.2) is 82.0 Å². The van der Waals surface area contributed by atoms with Crippen molar-refractivity contribution in [1.82, 2.24) is 5.32 Å². The first-order chi connectivity index (χ1) is 15.8. The predicted octanol–water partition coefficient (Wildman–Crippen LogP) is 5.15. The molecule has 4 aromatic rings. The molecule has 4 rings (SSSR count). The molecule has 0 atom stereocenters. The number of non-ortho nitro benzene ring substituents is 1. The Morgan fingerprint density at radius 2 is 1.79 bits per heavy atom. The van der Waals surface area contributed by atoms with Gasteiger partial charge in [-0.05, 0) is 42.5 Å². The number of nitrogens with zero attached hydrogens (tertiary/aromatic N) is 1. The molecule has 1 heterocycles. The van der Waals surface area contributed by atoms with E-state index in [0.717, 1.165) is 11.5 Å². The van der Waals surface area contributed by atoms with Gasteiger partial charge in [0.25, 0.3) is 11.6 Å². The Morgan fingerprint density at radius 3 is 2.55 bits per heavy atom. The number of hydrogen-bond donors (Lipinski definition) is 2. The first-order valence-corrected chi connectivity index (χ1v) is 10.3. The minimum Gasteiger partial charge on any atom is -0.422 e. The van der Waals surface area contributed by atoms with Gasteiger partial charge in [-0.25, -0.2) is 4.79 Å². The first-order valence-electron chi connectivity index (χ1n) is 9.51. The number of benzene rings is 3. The van der Waals surface area contributed by atoms with Crippen molar-refractivity contribution in [3.05, 3.63) is 104 Å². The van der Waals surface area contributed by atoms with Crippen LogP contribution in [0, 0.1) is 10.1 Å².